The highest BCUT2D eigenvalue weighted by atomic mass is 16.5. The normalized spacial score (nSPS) is 30.5. The highest BCUT2D eigenvalue weighted by Crippen LogP contribution is 2.37. The number of hydrogen-bond donors (Lipinski definition) is 2. The Morgan fingerprint density at radius 1 is 1.39 bits per heavy atom. The van der Waals surface area contributed by atoms with Crippen LogP contribution in [0.5, 0.6) is 0 Å². The van der Waals surface area contributed by atoms with Crippen LogP contribution in [0.25, 0.3) is 0 Å². The van der Waals surface area contributed by atoms with Gasteiger partial charge in [0.2, 0.25) is 0 Å². The Kier molecular flexibility index (Phi) is 4.01. The highest BCUT2D eigenvalue weighted by Gasteiger charge is 2.40. The largest absolute Gasteiger partial charge is 0.390 e. The third-order valence-corrected chi connectivity index (χ3v) is 5.19. The van der Waals surface area contributed by atoms with Crippen LogP contribution in [-0.2, 0) is 18.2 Å². The van der Waals surface area contributed by atoms with Crippen molar-refractivity contribution in [1.82, 2.24) is 15.1 Å². The molecule has 1 aromatic rings. The van der Waals surface area contributed by atoms with E-state index in [2.05, 4.69) is 10.4 Å². The van der Waals surface area contributed by atoms with E-state index < -0.39 is 5.60 Å². The molecule has 23 heavy (non-hydrogen) atoms. The summed E-state index contributed by atoms with van der Waals surface area (Å²) < 4.78 is 7.60. The van der Waals surface area contributed by atoms with E-state index in [0.717, 1.165) is 24.1 Å². The van der Waals surface area contributed by atoms with E-state index in [1.54, 1.807) is 4.68 Å². The van der Waals surface area contributed by atoms with Crippen LogP contribution in [-0.4, -0.2) is 38.5 Å². The summed E-state index contributed by atoms with van der Waals surface area (Å²) in [4.78, 5) is 12.6. The maximum Gasteiger partial charge on any atom is 0.272 e. The van der Waals surface area contributed by atoms with Crippen molar-refractivity contribution in [2.75, 3.05) is 0 Å². The molecule has 3 rings (SSSR count). The molecule has 1 amide bonds. The van der Waals surface area contributed by atoms with Crippen LogP contribution in [0.3, 0.4) is 0 Å². The molecule has 2 aliphatic rings. The number of amides is 1. The highest BCUT2D eigenvalue weighted by molar-refractivity contribution is 5.94. The second kappa shape index (κ2) is 5.60. The lowest BCUT2D eigenvalue weighted by Crippen LogP contribution is -2.51. The average molecular weight is 321 g/mol. The van der Waals surface area contributed by atoms with E-state index >= 15 is 0 Å². The van der Waals surface area contributed by atoms with Crippen molar-refractivity contribution >= 4 is 5.91 Å². The number of rotatable bonds is 3. The zero-order valence-corrected chi connectivity index (χ0v) is 14.6. The zero-order valence-electron chi connectivity index (χ0n) is 14.6. The molecule has 128 valence electrons. The number of carbonyl (C=O) groups is 1. The van der Waals surface area contributed by atoms with E-state index in [1.807, 2.05) is 34.7 Å². The standard InChI is InChI=1S/C17H27N3O3/c1-9-6-13-14(19-20(5)15(13)10(2)23-9)16(21)18-12-7-11(8-12)17(3,4)22/h9-12,22H,6-8H2,1-5H3,(H,18,21)/t9-,10+,11?,12?/m1/s1. The predicted octanol–water partition coefficient (Wildman–Crippen LogP) is 1.72. The van der Waals surface area contributed by atoms with Crippen LogP contribution in [0.1, 0.15) is 68.4 Å². The summed E-state index contributed by atoms with van der Waals surface area (Å²) in [7, 11) is 1.86. The Bertz CT molecular complexity index is 611. The van der Waals surface area contributed by atoms with Crippen molar-refractivity contribution in [3.05, 3.63) is 17.0 Å². The first-order chi connectivity index (χ1) is 10.7. The van der Waals surface area contributed by atoms with Gasteiger partial charge in [0.25, 0.3) is 5.91 Å². The number of aliphatic hydroxyl groups is 1. The van der Waals surface area contributed by atoms with Crippen molar-refractivity contribution < 1.29 is 14.6 Å². The summed E-state index contributed by atoms with van der Waals surface area (Å²) in [6, 6.07) is 0.131. The molecular weight excluding hydrogens is 294 g/mol. The number of aromatic nitrogens is 2. The molecule has 1 aliphatic carbocycles. The van der Waals surface area contributed by atoms with Gasteiger partial charge in [-0.2, -0.15) is 5.10 Å². The summed E-state index contributed by atoms with van der Waals surface area (Å²) in [6.45, 7) is 7.67. The molecule has 2 atom stereocenters. The molecule has 2 heterocycles. The van der Waals surface area contributed by atoms with E-state index in [0.29, 0.717) is 12.1 Å². The molecule has 1 aromatic heterocycles. The number of nitrogens with one attached hydrogen (secondary N) is 1. The molecule has 6 nitrogen and oxygen atoms in total. The summed E-state index contributed by atoms with van der Waals surface area (Å²) in [5.41, 5.74) is 1.86. The molecule has 2 N–H and O–H groups in total. The van der Waals surface area contributed by atoms with Crippen molar-refractivity contribution in [2.45, 2.75) is 70.8 Å². The lowest BCUT2D eigenvalue weighted by molar-refractivity contribution is -0.0310. The van der Waals surface area contributed by atoms with E-state index in [4.69, 9.17) is 4.74 Å². The molecule has 0 spiro atoms. The van der Waals surface area contributed by atoms with Gasteiger partial charge in [0, 0.05) is 25.1 Å². The Hall–Kier alpha value is -1.40. The second-order valence-electron chi connectivity index (χ2n) is 7.62. The first-order valence-corrected chi connectivity index (χ1v) is 8.41. The van der Waals surface area contributed by atoms with Crippen molar-refractivity contribution in [2.24, 2.45) is 13.0 Å². The van der Waals surface area contributed by atoms with Crippen LogP contribution in [0, 0.1) is 5.92 Å². The molecule has 0 saturated heterocycles. The van der Waals surface area contributed by atoms with Crippen LogP contribution >= 0.6 is 0 Å². The summed E-state index contributed by atoms with van der Waals surface area (Å²) in [5, 5.41) is 17.5. The molecular formula is C17H27N3O3. The lowest BCUT2D eigenvalue weighted by atomic mass is 9.71. The first-order valence-electron chi connectivity index (χ1n) is 8.41. The quantitative estimate of drug-likeness (QED) is 0.889. The van der Waals surface area contributed by atoms with Crippen molar-refractivity contribution in [1.29, 1.82) is 0 Å². The van der Waals surface area contributed by atoms with Gasteiger partial charge >= 0.3 is 0 Å². The van der Waals surface area contributed by atoms with E-state index in [-0.39, 0.29) is 30.1 Å². The van der Waals surface area contributed by atoms with E-state index in [1.165, 1.54) is 0 Å². The van der Waals surface area contributed by atoms with Gasteiger partial charge in [-0.05, 0) is 46.5 Å². The van der Waals surface area contributed by atoms with Gasteiger partial charge in [0.1, 0.15) is 0 Å². The maximum atomic E-state index is 12.6. The molecule has 1 saturated carbocycles. The van der Waals surface area contributed by atoms with Gasteiger partial charge in [-0.1, -0.05) is 0 Å². The van der Waals surface area contributed by atoms with Crippen LogP contribution < -0.4 is 5.32 Å². The molecule has 0 radical (unpaired) electrons. The maximum absolute atomic E-state index is 12.6. The van der Waals surface area contributed by atoms with E-state index in [9.17, 15) is 9.90 Å². The Balaban J connectivity index is 1.71. The smallest absolute Gasteiger partial charge is 0.272 e. The predicted molar refractivity (Wildman–Crippen MR) is 86.2 cm³/mol. The number of aryl methyl sites for hydroxylation is 1. The number of fused-ring (bicyclic) bond motifs is 1. The minimum absolute atomic E-state index is 0.0453. The molecule has 1 aliphatic heterocycles. The molecule has 6 heteroatoms. The SMILES string of the molecule is C[C@@H]1Cc2c(C(=O)NC3CC(C(C)(C)O)C3)nn(C)c2[C@H](C)O1. The van der Waals surface area contributed by atoms with Gasteiger partial charge < -0.3 is 15.2 Å². The molecule has 1 fully saturated rings. The molecule has 0 bridgehead atoms. The Morgan fingerprint density at radius 3 is 2.65 bits per heavy atom. The summed E-state index contributed by atoms with van der Waals surface area (Å²) in [5.74, 6) is 0.140. The Labute approximate surface area is 137 Å². The first kappa shape index (κ1) is 16.5. The van der Waals surface area contributed by atoms with Crippen molar-refractivity contribution in [3.8, 4) is 0 Å². The average Bonchev–Trinajstić information content (AvgIpc) is 2.68. The van der Waals surface area contributed by atoms with Gasteiger partial charge in [-0.25, -0.2) is 0 Å². The van der Waals surface area contributed by atoms with Gasteiger partial charge in [-0.3, -0.25) is 9.48 Å². The molecule has 0 unspecified atom stereocenters. The fourth-order valence-electron chi connectivity index (χ4n) is 3.79. The number of carbonyl (C=O) groups excluding carboxylic acids is 1. The topological polar surface area (TPSA) is 76.4 Å². The third kappa shape index (κ3) is 3.02. The third-order valence-electron chi connectivity index (χ3n) is 5.19. The van der Waals surface area contributed by atoms with Gasteiger partial charge in [0.15, 0.2) is 5.69 Å². The Morgan fingerprint density at radius 2 is 2.04 bits per heavy atom. The fourth-order valence-corrected chi connectivity index (χ4v) is 3.79. The molecule has 0 aromatic carbocycles. The summed E-state index contributed by atoms with van der Waals surface area (Å²) >= 11 is 0. The number of hydrogen-bond acceptors (Lipinski definition) is 4. The van der Waals surface area contributed by atoms with Crippen LogP contribution in [0.2, 0.25) is 0 Å². The van der Waals surface area contributed by atoms with Crippen LogP contribution in [0.15, 0.2) is 0 Å². The number of ether oxygens (including phenoxy) is 1. The van der Waals surface area contributed by atoms with Gasteiger partial charge in [-0.15, -0.1) is 0 Å². The number of nitrogens with zero attached hydrogens (tertiary/aromatic N) is 2. The zero-order chi connectivity index (χ0) is 16.9. The summed E-state index contributed by atoms with van der Waals surface area (Å²) in [6.07, 6.45) is 2.40. The second-order valence-corrected chi connectivity index (χ2v) is 7.62. The van der Waals surface area contributed by atoms with Crippen molar-refractivity contribution in [3.63, 3.8) is 0 Å². The minimum Gasteiger partial charge on any atom is -0.390 e. The monoisotopic (exact) mass is 321 g/mol. The van der Waals surface area contributed by atoms with Gasteiger partial charge in [0.05, 0.1) is 23.5 Å². The fraction of sp³-hybridized carbons (Fsp3) is 0.765. The minimum atomic E-state index is -0.673. The van der Waals surface area contributed by atoms with Crippen LogP contribution in [0.4, 0.5) is 0 Å². The lowest BCUT2D eigenvalue weighted by Gasteiger charge is -2.42.